The molecule has 10 heterocycles. The molecule has 1 nitrogen and oxygen atoms in total. The molecule has 9 unspecified atom stereocenters. The molecular weight excluding hydrogens is 588 g/mol. The van der Waals surface area contributed by atoms with Crippen molar-refractivity contribution in [2.45, 2.75) is 52.9 Å². The second-order valence-corrected chi connectivity index (χ2v) is 45.9. The quantitative estimate of drug-likeness (QED) is 0.135. The first kappa shape index (κ1) is 21.8. The summed E-state index contributed by atoms with van der Waals surface area (Å²) in [5.74, 6) is 0. The van der Waals surface area contributed by atoms with Crippen LogP contribution in [0.1, 0.15) is 0 Å². The van der Waals surface area contributed by atoms with E-state index < -0.39 is 6.51 Å². The number of hydrogen-bond acceptors (Lipinski definition) is 1. The SMILES string of the molecule is CN(C)C(CP(c1ccccc1)c1ccccc1)[C]12[CH]3[CH]4[CH]5[CH]1[Fe]45321678[CH]2[CH]1[CH]6[C]7(P(c1ccccc1)c1ccccc1)[CH]28. The van der Waals surface area contributed by atoms with Crippen LogP contribution < -0.4 is 21.2 Å². The molecule has 0 aliphatic carbocycles. The van der Waals surface area contributed by atoms with E-state index in [0.717, 1.165) is 14.4 Å². The van der Waals surface area contributed by atoms with Gasteiger partial charge < -0.3 is 0 Å². The second-order valence-electron chi connectivity index (χ2n) is 17.6. The van der Waals surface area contributed by atoms with Crippen LogP contribution in [0.2, 0.25) is 42.8 Å². The minimum atomic E-state index is -3.85. The molecule has 42 heavy (non-hydrogen) atoms. The van der Waals surface area contributed by atoms with E-state index in [9.17, 15) is 0 Å². The van der Waals surface area contributed by atoms with Gasteiger partial charge >= 0.3 is 243 Å². The first-order valence-corrected chi connectivity index (χ1v) is 25.1. The molecule has 4 heteroatoms. The Morgan fingerprint density at radius 3 is 1.31 bits per heavy atom. The molecule has 10 saturated heterocycles. The Bertz CT molecular complexity index is 2200. The molecular formula is C38H37FeNP2. The Hall–Kier alpha value is -1.78. The van der Waals surface area contributed by atoms with Gasteiger partial charge in [0.05, 0.1) is 0 Å². The molecule has 0 amide bonds. The molecule has 9 atom stereocenters. The van der Waals surface area contributed by atoms with Gasteiger partial charge in [0.2, 0.25) is 0 Å². The van der Waals surface area contributed by atoms with Crippen LogP contribution in [0.5, 0.6) is 0 Å². The van der Waals surface area contributed by atoms with E-state index in [1.54, 1.807) is 21.2 Å². The van der Waals surface area contributed by atoms with Crippen LogP contribution >= 0.6 is 15.8 Å². The Balaban J connectivity index is 0.999. The number of rotatable bonds is 9. The average molecular weight is 626 g/mol. The second kappa shape index (κ2) is 3.71. The fourth-order valence-corrected chi connectivity index (χ4v) is 117. The predicted molar refractivity (Wildman–Crippen MR) is 176 cm³/mol. The van der Waals surface area contributed by atoms with Gasteiger partial charge in [0.25, 0.3) is 0 Å². The van der Waals surface area contributed by atoms with Gasteiger partial charge in [0.1, 0.15) is 0 Å². The summed E-state index contributed by atoms with van der Waals surface area (Å²) in [6.07, 6.45) is 1.37. The van der Waals surface area contributed by atoms with Crippen LogP contribution in [0.4, 0.5) is 0 Å². The van der Waals surface area contributed by atoms with E-state index in [2.05, 4.69) is 140 Å². The molecule has 14 rings (SSSR count). The van der Waals surface area contributed by atoms with Crippen molar-refractivity contribution in [2.24, 2.45) is 0 Å². The third-order valence-electron chi connectivity index (χ3n) is 20.8. The summed E-state index contributed by atoms with van der Waals surface area (Å²) in [5, 5.41) is 6.61. The molecule has 1 spiro atoms. The molecule has 0 radical (unpaired) electrons. The average Bonchev–Trinajstić information content (AvgIpc) is 3.99. The Morgan fingerprint density at radius 1 is 0.571 bits per heavy atom. The zero-order chi connectivity index (χ0) is 27.4. The van der Waals surface area contributed by atoms with Crippen molar-refractivity contribution >= 4 is 37.1 Å². The van der Waals surface area contributed by atoms with Crippen LogP contribution in [0.3, 0.4) is 0 Å². The third kappa shape index (κ3) is 0.620. The van der Waals surface area contributed by atoms with Gasteiger partial charge in [-0.2, -0.15) is 0 Å². The Labute approximate surface area is 241 Å². The molecule has 0 bridgehead atoms. The summed E-state index contributed by atoms with van der Waals surface area (Å²) in [4.78, 5) is 12.9. The summed E-state index contributed by atoms with van der Waals surface area (Å²) in [5.41, 5.74) is 0. The third-order valence-corrected chi connectivity index (χ3v) is 73.4. The van der Waals surface area contributed by atoms with Crippen molar-refractivity contribution in [3.05, 3.63) is 121 Å². The summed E-state index contributed by atoms with van der Waals surface area (Å²) in [6.45, 7) is -3.85. The van der Waals surface area contributed by atoms with Gasteiger partial charge in [-0.15, -0.1) is 0 Å². The van der Waals surface area contributed by atoms with E-state index in [0.29, 0.717) is 0 Å². The summed E-state index contributed by atoms with van der Waals surface area (Å²) in [6, 6.07) is 48.2. The van der Waals surface area contributed by atoms with Gasteiger partial charge in [-0.05, 0) is 0 Å². The Morgan fingerprint density at radius 2 is 0.952 bits per heavy atom. The van der Waals surface area contributed by atoms with Crippen LogP contribution in [-0.2, 0) is 6.51 Å². The molecule has 0 aromatic heterocycles. The maximum atomic E-state index is 2.81. The molecule has 4 aromatic rings. The van der Waals surface area contributed by atoms with E-state index >= 15 is 0 Å². The van der Waals surface area contributed by atoms with E-state index in [-0.39, 0.29) is 15.8 Å². The first-order chi connectivity index (χ1) is 20.4. The summed E-state index contributed by atoms with van der Waals surface area (Å²) >= 11 is 0. The van der Waals surface area contributed by atoms with Crippen molar-refractivity contribution in [2.75, 3.05) is 20.3 Å². The van der Waals surface area contributed by atoms with Crippen molar-refractivity contribution in [3.63, 3.8) is 0 Å². The molecule has 4 aromatic carbocycles. The summed E-state index contributed by atoms with van der Waals surface area (Å²) < 4.78 is 1.58. The minimum absolute atomic E-state index is 0.265. The van der Waals surface area contributed by atoms with Gasteiger partial charge in [0.15, 0.2) is 0 Å². The van der Waals surface area contributed by atoms with E-state index in [4.69, 9.17) is 0 Å². The standard InChI is InChI=1S/C21H23NP.C17H14P.Fe/c1-22(2)21(18-11-9-10-12-18)17-23(19-13-5-3-6-14-19)20-15-7-4-8-16-20;1-3-9-15(10-4-1)18(17-13-7-8-14-17)16-11-5-2-6-12-16;/h3-16,21H,17H2,1-2H3;1-14H;. The fourth-order valence-electron chi connectivity index (χ4n) is 22.3. The molecule has 10 aliphatic rings. The molecule has 10 aliphatic heterocycles. The monoisotopic (exact) mass is 625 g/mol. The fraction of sp³-hybridized carbons (Fsp3) is 0.368. The van der Waals surface area contributed by atoms with Gasteiger partial charge in [-0.25, -0.2) is 0 Å². The predicted octanol–water partition coefficient (Wildman–Crippen LogP) is 7.85. The number of hydrogen-bond donors (Lipinski definition) is 0. The van der Waals surface area contributed by atoms with Gasteiger partial charge in [-0.3, -0.25) is 0 Å². The number of nitrogens with zero attached hydrogens (tertiary/aromatic N) is 1. The summed E-state index contributed by atoms with van der Waals surface area (Å²) in [7, 11) is 4.34. The zero-order valence-electron chi connectivity index (χ0n) is 24.1. The van der Waals surface area contributed by atoms with Gasteiger partial charge in [0, 0.05) is 0 Å². The van der Waals surface area contributed by atoms with Crippen LogP contribution in [0.25, 0.3) is 0 Å². The zero-order valence-corrected chi connectivity index (χ0v) is 27.0. The van der Waals surface area contributed by atoms with E-state index in [1.807, 2.05) is 0 Å². The van der Waals surface area contributed by atoms with Crippen molar-refractivity contribution in [3.8, 4) is 0 Å². The van der Waals surface area contributed by atoms with Crippen LogP contribution in [-0.4, -0.2) is 35.3 Å². The number of benzene rings is 4. The van der Waals surface area contributed by atoms with Crippen molar-refractivity contribution in [1.29, 1.82) is 0 Å². The maximum absolute atomic E-state index is 3.85. The van der Waals surface area contributed by atoms with Gasteiger partial charge in [-0.1, -0.05) is 0 Å². The van der Waals surface area contributed by atoms with Crippen molar-refractivity contribution < 1.29 is 6.51 Å². The molecule has 10 fully saturated rings. The van der Waals surface area contributed by atoms with Crippen LogP contribution in [0, 0.1) is 0 Å². The van der Waals surface area contributed by atoms with E-state index in [1.165, 1.54) is 44.7 Å². The first-order valence-electron chi connectivity index (χ1n) is 16.1. The molecule has 0 saturated carbocycles. The molecule has 0 N–H and O–H groups in total. The normalized spacial score (nSPS) is 57.9. The topological polar surface area (TPSA) is 3.24 Å². The van der Waals surface area contributed by atoms with Crippen LogP contribution in [0.15, 0.2) is 121 Å². The van der Waals surface area contributed by atoms with Crippen molar-refractivity contribution in [1.82, 2.24) is 4.90 Å². The Kier molecular flexibility index (Phi) is 1.93. The number of fused-ring (bicyclic) bond motifs is 10. The molecule has 212 valence electrons.